The largest absolute Gasteiger partial charge is 0.490 e. The summed E-state index contributed by atoms with van der Waals surface area (Å²) in [6, 6.07) is 3.75. The minimum absolute atomic E-state index is 0.0340. The molecule has 7 heteroatoms. The molecule has 0 amide bonds. The quantitative estimate of drug-likeness (QED) is 0.377. The molecule has 0 unspecified atom stereocenters. The van der Waals surface area contributed by atoms with Gasteiger partial charge in [0.25, 0.3) is 5.96 Å². The van der Waals surface area contributed by atoms with Crippen molar-refractivity contribution in [3.63, 3.8) is 0 Å². The Morgan fingerprint density at radius 3 is 2.70 bits per heavy atom. The lowest BCUT2D eigenvalue weighted by Crippen LogP contribution is -2.63. The van der Waals surface area contributed by atoms with Gasteiger partial charge in [0.1, 0.15) is 0 Å². The van der Waals surface area contributed by atoms with Crippen molar-refractivity contribution in [2.24, 2.45) is 16.6 Å². The molecule has 6 nitrogen and oxygen atoms in total. The Hall–Kier alpha value is -1.76. The van der Waals surface area contributed by atoms with Crippen molar-refractivity contribution in [1.82, 2.24) is 0 Å². The van der Waals surface area contributed by atoms with Crippen LogP contribution in [-0.2, 0) is 0 Å². The van der Waals surface area contributed by atoms with Crippen LogP contribution in [0.3, 0.4) is 0 Å². The van der Waals surface area contributed by atoms with E-state index < -0.39 is 0 Å². The third-order valence-corrected chi connectivity index (χ3v) is 2.80. The average Bonchev–Trinajstić information content (AvgIpc) is 2.38. The van der Waals surface area contributed by atoms with Gasteiger partial charge >= 0.3 is 0 Å². The van der Waals surface area contributed by atoms with Gasteiger partial charge in [0, 0.05) is 10.7 Å². The second-order valence-electron chi connectivity index (χ2n) is 3.92. The molecule has 0 saturated carbocycles. The number of halogens is 1. The molecule has 1 aromatic rings. The van der Waals surface area contributed by atoms with Gasteiger partial charge in [-0.2, -0.15) is 0 Å². The van der Waals surface area contributed by atoms with Crippen LogP contribution in [0.5, 0.6) is 11.5 Å². The molecule has 0 aliphatic rings. The van der Waals surface area contributed by atoms with E-state index in [9.17, 15) is 0 Å². The van der Waals surface area contributed by atoms with E-state index >= 15 is 0 Å². The van der Waals surface area contributed by atoms with Crippen LogP contribution in [0.25, 0.3) is 0 Å². The lowest BCUT2D eigenvalue weighted by molar-refractivity contribution is -0.456. The molecule has 0 atom stereocenters. The summed E-state index contributed by atoms with van der Waals surface area (Å²) in [5.74, 6) is 1.34. The molecule has 0 spiro atoms. The lowest BCUT2D eigenvalue weighted by Gasteiger charge is -2.13. The maximum atomic E-state index is 5.69. The topological polar surface area (TPSA) is 96.8 Å². The van der Waals surface area contributed by atoms with Crippen molar-refractivity contribution in [1.29, 1.82) is 0 Å². The van der Waals surface area contributed by atoms with Gasteiger partial charge in [0.2, 0.25) is 6.21 Å². The van der Waals surface area contributed by atoms with E-state index in [1.165, 1.54) is 0 Å². The number of nitrogens with zero attached hydrogens (tertiary/aromatic N) is 1. The lowest BCUT2D eigenvalue weighted by atomic mass is 10.2. The first-order valence-corrected chi connectivity index (χ1v) is 7.14. The van der Waals surface area contributed by atoms with Gasteiger partial charge < -0.3 is 20.9 Å². The second kappa shape index (κ2) is 8.42. The van der Waals surface area contributed by atoms with Crippen molar-refractivity contribution in [2.45, 2.75) is 20.3 Å². The van der Waals surface area contributed by atoms with Crippen molar-refractivity contribution >= 4 is 28.1 Å². The summed E-state index contributed by atoms with van der Waals surface area (Å²) < 4.78 is 12.1. The third kappa shape index (κ3) is 5.08. The van der Waals surface area contributed by atoms with Crippen LogP contribution in [0, 0.1) is 0 Å². The molecular weight excluding hydrogens is 324 g/mol. The Morgan fingerprint density at radius 2 is 2.10 bits per heavy atom. The molecule has 1 aromatic carbocycles. The maximum Gasteiger partial charge on any atom is 0.256 e. The zero-order valence-electron chi connectivity index (χ0n) is 11.6. The fourth-order valence-corrected chi connectivity index (χ4v) is 2.03. The molecular formula is C13H20BrN4O2+. The van der Waals surface area contributed by atoms with Crippen molar-refractivity contribution in [2.75, 3.05) is 13.2 Å². The minimum Gasteiger partial charge on any atom is -0.490 e. The molecule has 0 bridgehead atoms. The van der Waals surface area contributed by atoms with Gasteiger partial charge in [-0.3, -0.25) is 0 Å². The Labute approximate surface area is 127 Å². The van der Waals surface area contributed by atoms with E-state index in [-0.39, 0.29) is 5.96 Å². The fraction of sp³-hybridized carbons (Fsp3) is 0.385. The summed E-state index contributed by atoms with van der Waals surface area (Å²) in [5.41, 5.74) is 11.3. The number of guanidine groups is 1. The molecule has 5 N–H and O–H groups in total. The number of nitrogens with one attached hydrogen (secondary N) is 1. The van der Waals surface area contributed by atoms with E-state index in [1.807, 2.05) is 19.1 Å². The van der Waals surface area contributed by atoms with Crippen LogP contribution in [0.1, 0.15) is 25.8 Å². The van der Waals surface area contributed by atoms with Crippen LogP contribution in [0.2, 0.25) is 0 Å². The number of nitrogens with two attached hydrogens (primary N) is 2. The Balaban J connectivity index is 3.05. The monoisotopic (exact) mass is 343 g/mol. The molecule has 0 aliphatic carbocycles. The summed E-state index contributed by atoms with van der Waals surface area (Å²) in [4.78, 5) is 0. The molecule has 0 saturated heterocycles. The summed E-state index contributed by atoms with van der Waals surface area (Å²) in [6.07, 6.45) is 2.59. The highest BCUT2D eigenvalue weighted by Crippen LogP contribution is 2.36. The zero-order chi connectivity index (χ0) is 15.0. The minimum atomic E-state index is -0.0340. The third-order valence-electron chi connectivity index (χ3n) is 2.21. The molecule has 0 aromatic heterocycles. The standard InChI is InChI=1S/C13H19BrN4O2/c1-3-5-20-12-10(14)6-9(7-11(12)19-4-2)8-17-18-13(15)16/h6-8H,3-5H2,1-2H3,(H4,15,16,18)/p+1/b17-8-. The summed E-state index contributed by atoms with van der Waals surface area (Å²) >= 11 is 3.48. The van der Waals surface area contributed by atoms with Crippen LogP contribution < -0.4 is 26.0 Å². The number of hydrogen-bond acceptors (Lipinski definition) is 3. The first kappa shape index (κ1) is 16.3. The predicted molar refractivity (Wildman–Crippen MR) is 83.0 cm³/mol. The number of ether oxygens (including phenoxy) is 2. The van der Waals surface area contributed by atoms with E-state index in [0.29, 0.717) is 24.7 Å². The van der Waals surface area contributed by atoms with Gasteiger partial charge in [-0.05, 0) is 41.4 Å². The summed E-state index contributed by atoms with van der Waals surface area (Å²) in [7, 11) is 0. The first-order valence-electron chi connectivity index (χ1n) is 6.35. The van der Waals surface area contributed by atoms with E-state index in [1.54, 1.807) is 6.21 Å². The SMILES string of the molecule is CCCOc1c(Br)cc(/C=[NH+]\N=C(N)N)cc1OCC. The summed E-state index contributed by atoms with van der Waals surface area (Å²) in [6.45, 7) is 5.16. The highest BCUT2D eigenvalue weighted by atomic mass is 79.9. The molecule has 0 heterocycles. The van der Waals surface area contributed by atoms with Gasteiger partial charge in [-0.25, -0.2) is 0 Å². The Kier molecular flexibility index (Phi) is 6.86. The second-order valence-corrected chi connectivity index (χ2v) is 4.78. The van der Waals surface area contributed by atoms with Crippen LogP contribution >= 0.6 is 15.9 Å². The molecule has 110 valence electrons. The van der Waals surface area contributed by atoms with Gasteiger partial charge in [0.05, 0.1) is 17.7 Å². The number of rotatable bonds is 7. The Bertz CT molecular complexity index is 499. The van der Waals surface area contributed by atoms with Gasteiger partial charge in [0.15, 0.2) is 11.5 Å². The zero-order valence-corrected chi connectivity index (χ0v) is 13.2. The van der Waals surface area contributed by atoms with Crippen LogP contribution in [-0.4, -0.2) is 25.4 Å². The molecule has 1 rings (SSSR count). The normalized spacial score (nSPS) is 10.6. The first-order chi connectivity index (χ1) is 9.58. The number of hydrogen-bond donors (Lipinski definition) is 3. The maximum absolute atomic E-state index is 5.69. The molecule has 0 aliphatic heterocycles. The predicted octanol–water partition coefficient (Wildman–Crippen LogP) is 0.325. The van der Waals surface area contributed by atoms with E-state index in [4.69, 9.17) is 20.9 Å². The highest BCUT2D eigenvalue weighted by Gasteiger charge is 2.12. The Morgan fingerprint density at radius 1 is 1.35 bits per heavy atom. The van der Waals surface area contributed by atoms with Crippen molar-refractivity contribution < 1.29 is 14.6 Å². The van der Waals surface area contributed by atoms with Gasteiger partial charge in [-0.15, -0.1) is 5.10 Å². The van der Waals surface area contributed by atoms with E-state index in [2.05, 4.69) is 33.1 Å². The van der Waals surface area contributed by atoms with E-state index in [0.717, 1.165) is 16.5 Å². The van der Waals surface area contributed by atoms with Crippen molar-refractivity contribution in [3.05, 3.63) is 22.2 Å². The molecule has 20 heavy (non-hydrogen) atoms. The molecule has 0 fully saturated rings. The van der Waals surface area contributed by atoms with Gasteiger partial charge in [-0.1, -0.05) is 6.92 Å². The van der Waals surface area contributed by atoms with Crippen LogP contribution in [0.15, 0.2) is 21.7 Å². The average molecular weight is 344 g/mol. The molecule has 0 radical (unpaired) electrons. The smallest absolute Gasteiger partial charge is 0.256 e. The van der Waals surface area contributed by atoms with Crippen LogP contribution in [0.4, 0.5) is 0 Å². The number of benzene rings is 1. The number of hydrazone groups is 1. The van der Waals surface area contributed by atoms with Crippen molar-refractivity contribution in [3.8, 4) is 11.5 Å². The highest BCUT2D eigenvalue weighted by molar-refractivity contribution is 9.10. The summed E-state index contributed by atoms with van der Waals surface area (Å²) in [5, 5.41) is 6.33. The fourth-order valence-electron chi connectivity index (χ4n) is 1.46.